The van der Waals surface area contributed by atoms with Crippen molar-refractivity contribution in [3.05, 3.63) is 96.7 Å². The number of amides is 1. The van der Waals surface area contributed by atoms with Crippen LogP contribution < -0.4 is 20.3 Å². The van der Waals surface area contributed by atoms with Gasteiger partial charge in [-0.2, -0.15) is 0 Å². The van der Waals surface area contributed by atoms with Crippen LogP contribution in [0, 0.1) is 0 Å². The van der Waals surface area contributed by atoms with E-state index >= 15 is 0 Å². The molecule has 2 atom stereocenters. The van der Waals surface area contributed by atoms with Crippen LogP contribution in [-0.2, 0) is 4.79 Å². The summed E-state index contributed by atoms with van der Waals surface area (Å²) in [4.78, 5) is 23.0. The molecule has 176 valence electrons. The summed E-state index contributed by atoms with van der Waals surface area (Å²) in [6, 6.07) is 20.9. The molecule has 1 aliphatic heterocycles. The van der Waals surface area contributed by atoms with Crippen LogP contribution in [0.5, 0.6) is 5.75 Å². The third kappa shape index (κ3) is 4.33. The van der Waals surface area contributed by atoms with Gasteiger partial charge in [0.25, 0.3) is 0 Å². The molecular formula is C26H24N6O2S. The molecule has 1 amide bonds. The molecule has 0 unspecified atom stereocenters. The summed E-state index contributed by atoms with van der Waals surface area (Å²) in [5, 5.41) is 6.87. The number of carbonyl (C=O) groups excluding carboxylic acids is 1. The minimum atomic E-state index is -0.243. The molecule has 9 heteroatoms. The van der Waals surface area contributed by atoms with E-state index in [4.69, 9.17) is 17.0 Å². The van der Waals surface area contributed by atoms with Gasteiger partial charge in [-0.3, -0.25) is 9.78 Å². The van der Waals surface area contributed by atoms with Gasteiger partial charge in [0.15, 0.2) is 5.11 Å². The molecule has 0 radical (unpaired) electrons. The monoisotopic (exact) mass is 484 g/mol. The number of rotatable bonds is 6. The van der Waals surface area contributed by atoms with Crippen LogP contribution in [-0.4, -0.2) is 32.7 Å². The third-order valence-corrected chi connectivity index (χ3v) is 6.16. The van der Waals surface area contributed by atoms with Crippen LogP contribution in [0.25, 0.3) is 5.82 Å². The van der Waals surface area contributed by atoms with Gasteiger partial charge in [0, 0.05) is 36.9 Å². The number of anilines is 2. The van der Waals surface area contributed by atoms with Gasteiger partial charge in [-0.25, -0.2) is 4.98 Å². The summed E-state index contributed by atoms with van der Waals surface area (Å²) >= 11 is 5.85. The summed E-state index contributed by atoms with van der Waals surface area (Å²) in [6.45, 7) is 1.47. The fraction of sp³-hybridized carbons (Fsp3) is 0.154. The van der Waals surface area contributed by atoms with Crippen LogP contribution >= 0.6 is 12.2 Å². The number of aromatic nitrogens is 3. The highest BCUT2D eigenvalue weighted by molar-refractivity contribution is 7.80. The highest BCUT2D eigenvalue weighted by Gasteiger charge is 2.42. The van der Waals surface area contributed by atoms with Crippen molar-refractivity contribution in [1.82, 2.24) is 19.9 Å². The lowest BCUT2D eigenvalue weighted by Gasteiger charge is -2.29. The topological polar surface area (TPSA) is 84.3 Å². The average molecular weight is 485 g/mol. The first kappa shape index (κ1) is 22.5. The quantitative estimate of drug-likeness (QED) is 0.392. The number of benzene rings is 1. The number of methoxy groups -OCH3 is 1. The maximum absolute atomic E-state index is 11.8. The Kier molecular flexibility index (Phi) is 6.15. The number of ether oxygens (including phenoxy) is 1. The molecule has 1 fully saturated rings. The predicted octanol–water partition coefficient (Wildman–Crippen LogP) is 4.41. The zero-order chi connectivity index (χ0) is 24.4. The molecule has 0 saturated carbocycles. The molecule has 8 nitrogen and oxygen atoms in total. The second-order valence-corrected chi connectivity index (χ2v) is 8.44. The second-order valence-electron chi connectivity index (χ2n) is 8.05. The molecule has 35 heavy (non-hydrogen) atoms. The summed E-state index contributed by atoms with van der Waals surface area (Å²) in [5.41, 5.74) is 3.24. The van der Waals surface area contributed by atoms with Crippen molar-refractivity contribution in [1.29, 1.82) is 0 Å². The molecule has 2 N–H and O–H groups in total. The minimum absolute atomic E-state index is 0.186. The highest BCUT2D eigenvalue weighted by Crippen LogP contribution is 2.43. The smallest absolute Gasteiger partial charge is 0.221 e. The van der Waals surface area contributed by atoms with Gasteiger partial charge in [0.05, 0.1) is 24.5 Å². The number of hydrogen-bond acceptors (Lipinski definition) is 5. The molecule has 0 aliphatic carbocycles. The molecule has 5 rings (SSSR count). The molecule has 4 heterocycles. The van der Waals surface area contributed by atoms with Crippen molar-refractivity contribution in [2.45, 2.75) is 19.0 Å². The SMILES string of the molecule is COc1ccc(N2C(=S)N[C@H](c3ccccn3)[C@H]2c2cccn2-c2ccccn2)cc1NC(C)=O. The van der Waals surface area contributed by atoms with E-state index in [1.54, 1.807) is 19.5 Å². The van der Waals surface area contributed by atoms with Gasteiger partial charge in [-0.1, -0.05) is 12.1 Å². The van der Waals surface area contributed by atoms with E-state index in [2.05, 4.69) is 31.2 Å². The lowest BCUT2D eigenvalue weighted by molar-refractivity contribution is -0.114. The first-order valence-electron chi connectivity index (χ1n) is 11.1. The van der Waals surface area contributed by atoms with E-state index in [0.29, 0.717) is 16.5 Å². The summed E-state index contributed by atoms with van der Waals surface area (Å²) < 4.78 is 7.51. The molecular weight excluding hydrogens is 460 g/mol. The molecule has 0 spiro atoms. The molecule has 3 aromatic heterocycles. The Morgan fingerprint density at radius 1 is 1.06 bits per heavy atom. The molecule has 0 bridgehead atoms. The van der Waals surface area contributed by atoms with E-state index in [1.165, 1.54) is 6.92 Å². The number of pyridine rings is 2. The van der Waals surface area contributed by atoms with Crippen molar-refractivity contribution in [2.75, 3.05) is 17.3 Å². The summed E-state index contributed by atoms with van der Waals surface area (Å²) in [7, 11) is 1.57. The number of carbonyl (C=O) groups is 1. The molecule has 1 aliphatic rings. The number of thiocarbonyl (C=S) groups is 1. The summed E-state index contributed by atoms with van der Waals surface area (Å²) in [5.74, 6) is 1.19. The average Bonchev–Trinajstić information content (AvgIpc) is 3.49. The van der Waals surface area contributed by atoms with Crippen molar-refractivity contribution in [3.8, 4) is 11.6 Å². The molecule has 4 aromatic rings. The number of hydrogen-bond donors (Lipinski definition) is 2. The Balaban J connectivity index is 1.66. The zero-order valence-electron chi connectivity index (χ0n) is 19.3. The molecule has 1 saturated heterocycles. The lowest BCUT2D eigenvalue weighted by Crippen LogP contribution is -2.30. The number of nitrogens with one attached hydrogen (secondary N) is 2. The minimum Gasteiger partial charge on any atom is -0.495 e. The summed E-state index contributed by atoms with van der Waals surface area (Å²) in [6.07, 6.45) is 5.54. The third-order valence-electron chi connectivity index (χ3n) is 5.85. The van der Waals surface area contributed by atoms with E-state index in [0.717, 1.165) is 22.9 Å². The second kappa shape index (κ2) is 9.55. The van der Waals surface area contributed by atoms with Gasteiger partial charge in [0.1, 0.15) is 17.6 Å². The van der Waals surface area contributed by atoms with Gasteiger partial charge < -0.3 is 24.8 Å². The largest absolute Gasteiger partial charge is 0.495 e. The van der Waals surface area contributed by atoms with E-state index in [1.807, 2.05) is 71.8 Å². The van der Waals surface area contributed by atoms with Crippen LogP contribution in [0.15, 0.2) is 85.3 Å². The van der Waals surface area contributed by atoms with Crippen LogP contribution in [0.1, 0.15) is 30.4 Å². The Bertz CT molecular complexity index is 1360. The van der Waals surface area contributed by atoms with E-state index in [9.17, 15) is 4.79 Å². The fourth-order valence-electron chi connectivity index (χ4n) is 4.41. The standard InChI is InChI=1S/C26H24N6O2S/c1-17(33)29-20-16-18(11-12-22(20)34-2)32-25(24(30-26(32)35)19-8-3-5-13-27-19)21-9-7-15-31(21)23-10-4-6-14-28-23/h3-16,24-25H,1-2H3,(H,29,33)(H,30,35)/t24-,25-/m1/s1. The van der Waals surface area contributed by atoms with Crippen LogP contribution in [0.2, 0.25) is 0 Å². The Morgan fingerprint density at radius 2 is 1.86 bits per heavy atom. The van der Waals surface area contributed by atoms with Crippen LogP contribution in [0.4, 0.5) is 11.4 Å². The van der Waals surface area contributed by atoms with Gasteiger partial charge in [0.2, 0.25) is 5.91 Å². The van der Waals surface area contributed by atoms with Crippen molar-refractivity contribution >= 4 is 34.6 Å². The van der Waals surface area contributed by atoms with Gasteiger partial charge >= 0.3 is 0 Å². The maximum atomic E-state index is 11.8. The van der Waals surface area contributed by atoms with Crippen molar-refractivity contribution in [3.63, 3.8) is 0 Å². The van der Waals surface area contributed by atoms with E-state index in [-0.39, 0.29) is 18.0 Å². The fourth-order valence-corrected chi connectivity index (χ4v) is 4.75. The van der Waals surface area contributed by atoms with Gasteiger partial charge in [-0.15, -0.1) is 0 Å². The van der Waals surface area contributed by atoms with Gasteiger partial charge in [-0.05, 0) is 66.8 Å². The first-order valence-corrected chi connectivity index (χ1v) is 11.5. The normalized spacial score (nSPS) is 17.2. The van der Waals surface area contributed by atoms with Crippen LogP contribution in [0.3, 0.4) is 0 Å². The Hall–Kier alpha value is -4.24. The lowest BCUT2D eigenvalue weighted by atomic mass is 10.0. The highest BCUT2D eigenvalue weighted by atomic mass is 32.1. The predicted molar refractivity (Wildman–Crippen MR) is 139 cm³/mol. The molecule has 1 aromatic carbocycles. The van der Waals surface area contributed by atoms with Crippen molar-refractivity contribution < 1.29 is 9.53 Å². The van der Waals surface area contributed by atoms with E-state index < -0.39 is 0 Å². The Morgan fingerprint density at radius 3 is 2.54 bits per heavy atom. The number of nitrogens with zero attached hydrogens (tertiary/aromatic N) is 4. The Labute approximate surface area is 208 Å². The maximum Gasteiger partial charge on any atom is 0.221 e. The first-order chi connectivity index (χ1) is 17.1. The zero-order valence-corrected chi connectivity index (χ0v) is 20.1. The van der Waals surface area contributed by atoms with Crippen molar-refractivity contribution in [2.24, 2.45) is 0 Å².